The molecule has 6 nitrogen and oxygen atoms in total. The number of carbonyl (C=O) groups is 2. The number of ether oxygens (including phenoxy) is 1. The Hall–Kier alpha value is -0.850. The van der Waals surface area contributed by atoms with Crippen LogP contribution in [0.3, 0.4) is 0 Å². The Labute approximate surface area is 120 Å². The molecular weight excluding hydrogens is 270 g/mol. The normalized spacial score (nSPS) is 20.9. The van der Waals surface area contributed by atoms with Crippen molar-refractivity contribution in [2.24, 2.45) is 0 Å². The largest absolute Gasteiger partial charge is 0.366 e. The van der Waals surface area contributed by atoms with E-state index >= 15 is 0 Å². The number of carbonyl (C=O) groups excluding carboxylic acids is 2. The monoisotopic (exact) mass is 293 g/mol. The van der Waals surface area contributed by atoms with Crippen LogP contribution in [-0.4, -0.2) is 49.2 Å². The molecule has 0 aromatic heterocycles. The molecule has 112 valence electrons. The highest BCUT2D eigenvalue weighted by Crippen LogP contribution is 2.01. The average Bonchev–Trinajstić information content (AvgIpc) is 2.27. The third kappa shape index (κ3) is 6.75. The third-order valence-electron chi connectivity index (χ3n) is 2.47. The molecule has 2 amide bonds. The molecule has 1 rings (SSSR count). The summed E-state index contributed by atoms with van der Waals surface area (Å²) < 4.78 is 5.32. The zero-order valence-corrected chi connectivity index (χ0v) is 12.7. The number of halogens is 1. The zero-order valence-electron chi connectivity index (χ0n) is 11.9. The molecule has 19 heavy (non-hydrogen) atoms. The number of rotatable bonds is 3. The van der Waals surface area contributed by atoms with Gasteiger partial charge in [-0.1, -0.05) is 0 Å². The molecule has 0 spiro atoms. The van der Waals surface area contributed by atoms with Crippen LogP contribution in [0.1, 0.15) is 27.7 Å². The SMILES string of the molecule is CC(NC(=O)C1CNCCO1)C(=O)NC(C)(C)C.Cl. The molecule has 0 bridgehead atoms. The minimum absolute atomic E-state index is 0. The van der Waals surface area contributed by atoms with Gasteiger partial charge < -0.3 is 20.7 Å². The Morgan fingerprint density at radius 3 is 2.47 bits per heavy atom. The molecule has 0 aliphatic carbocycles. The molecular formula is C12H24ClN3O3. The maximum Gasteiger partial charge on any atom is 0.251 e. The molecule has 1 heterocycles. The second-order valence-corrected chi connectivity index (χ2v) is 5.53. The lowest BCUT2D eigenvalue weighted by Gasteiger charge is -2.26. The fourth-order valence-corrected chi connectivity index (χ4v) is 1.58. The van der Waals surface area contributed by atoms with Gasteiger partial charge in [-0.05, 0) is 27.7 Å². The summed E-state index contributed by atoms with van der Waals surface area (Å²) >= 11 is 0. The van der Waals surface area contributed by atoms with E-state index in [1.807, 2.05) is 20.8 Å². The van der Waals surface area contributed by atoms with E-state index in [9.17, 15) is 9.59 Å². The van der Waals surface area contributed by atoms with E-state index in [0.29, 0.717) is 13.2 Å². The van der Waals surface area contributed by atoms with Gasteiger partial charge in [0.2, 0.25) is 5.91 Å². The third-order valence-corrected chi connectivity index (χ3v) is 2.47. The van der Waals surface area contributed by atoms with E-state index in [2.05, 4.69) is 16.0 Å². The van der Waals surface area contributed by atoms with E-state index in [1.54, 1.807) is 6.92 Å². The first-order valence-corrected chi connectivity index (χ1v) is 6.24. The summed E-state index contributed by atoms with van der Waals surface area (Å²) in [6.45, 7) is 9.11. The lowest BCUT2D eigenvalue weighted by molar-refractivity contribution is -0.137. The number of nitrogens with one attached hydrogen (secondary N) is 3. The van der Waals surface area contributed by atoms with Crippen LogP contribution in [-0.2, 0) is 14.3 Å². The van der Waals surface area contributed by atoms with Gasteiger partial charge in [-0.2, -0.15) is 0 Å². The summed E-state index contributed by atoms with van der Waals surface area (Å²) in [7, 11) is 0. The van der Waals surface area contributed by atoms with Crippen molar-refractivity contribution in [2.75, 3.05) is 19.7 Å². The number of hydrogen-bond acceptors (Lipinski definition) is 4. The number of morpholine rings is 1. The second kappa shape index (κ2) is 7.67. The van der Waals surface area contributed by atoms with Crippen molar-refractivity contribution in [2.45, 2.75) is 45.4 Å². The highest BCUT2D eigenvalue weighted by Gasteiger charge is 2.26. The van der Waals surface area contributed by atoms with E-state index in [0.717, 1.165) is 6.54 Å². The fraction of sp³-hybridized carbons (Fsp3) is 0.833. The Morgan fingerprint density at radius 1 is 1.37 bits per heavy atom. The lowest BCUT2D eigenvalue weighted by Crippen LogP contribution is -2.55. The van der Waals surface area contributed by atoms with Gasteiger partial charge in [0, 0.05) is 18.6 Å². The summed E-state index contributed by atoms with van der Waals surface area (Å²) in [5, 5.41) is 8.54. The van der Waals surface area contributed by atoms with Gasteiger partial charge in [0.05, 0.1) is 6.61 Å². The maximum atomic E-state index is 11.8. The summed E-state index contributed by atoms with van der Waals surface area (Å²) in [6.07, 6.45) is -0.511. The minimum atomic E-state index is -0.567. The highest BCUT2D eigenvalue weighted by molar-refractivity contribution is 5.89. The van der Waals surface area contributed by atoms with Gasteiger partial charge in [0.1, 0.15) is 12.1 Å². The maximum absolute atomic E-state index is 11.8. The minimum Gasteiger partial charge on any atom is -0.366 e. The van der Waals surface area contributed by atoms with E-state index in [4.69, 9.17) is 4.74 Å². The molecule has 2 atom stereocenters. The molecule has 1 aliphatic heterocycles. The first-order chi connectivity index (χ1) is 8.29. The molecule has 1 saturated heterocycles. The lowest BCUT2D eigenvalue weighted by atomic mass is 10.1. The summed E-state index contributed by atoms with van der Waals surface area (Å²) in [5.74, 6) is -0.446. The van der Waals surface area contributed by atoms with Gasteiger partial charge in [-0.3, -0.25) is 9.59 Å². The first kappa shape index (κ1) is 18.1. The smallest absolute Gasteiger partial charge is 0.251 e. The van der Waals surface area contributed by atoms with Crippen LogP contribution in [0.2, 0.25) is 0 Å². The van der Waals surface area contributed by atoms with Gasteiger partial charge in [-0.25, -0.2) is 0 Å². The van der Waals surface area contributed by atoms with Crippen molar-refractivity contribution >= 4 is 24.2 Å². The Morgan fingerprint density at radius 2 is 2.00 bits per heavy atom. The molecule has 1 fully saturated rings. The quantitative estimate of drug-likeness (QED) is 0.674. The van der Waals surface area contributed by atoms with Gasteiger partial charge in [-0.15, -0.1) is 12.4 Å². The van der Waals surface area contributed by atoms with Crippen molar-refractivity contribution in [1.29, 1.82) is 0 Å². The summed E-state index contributed by atoms with van der Waals surface area (Å²) in [5.41, 5.74) is -0.307. The molecule has 7 heteroatoms. The van der Waals surface area contributed by atoms with Crippen molar-refractivity contribution in [3.63, 3.8) is 0 Å². The number of amides is 2. The van der Waals surface area contributed by atoms with Crippen LogP contribution in [0.5, 0.6) is 0 Å². The predicted octanol–water partition coefficient (Wildman–Crippen LogP) is -0.184. The standard InChI is InChI=1S/C12H23N3O3.ClH/c1-8(10(16)15-12(2,3)4)14-11(17)9-7-13-5-6-18-9;/h8-9,13H,5-7H2,1-4H3,(H,14,17)(H,15,16);1H. The van der Waals surface area contributed by atoms with Crippen LogP contribution in [0.15, 0.2) is 0 Å². The summed E-state index contributed by atoms with van der Waals surface area (Å²) in [4.78, 5) is 23.6. The fourth-order valence-electron chi connectivity index (χ4n) is 1.58. The van der Waals surface area contributed by atoms with Crippen LogP contribution in [0.25, 0.3) is 0 Å². The zero-order chi connectivity index (χ0) is 13.8. The molecule has 2 unspecified atom stereocenters. The molecule has 0 aromatic rings. The molecule has 1 aliphatic rings. The summed E-state index contributed by atoms with van der Waals surface area (Å²) in [6, 6.07) is -0.567. The van der Waals surface area contributed by atoms with Gasteiger partial charge in [0.25, 0.3) is 5.91 Å². The first-order valence-electron chi connectivity index (χ1n) is 6.24. The number of hydrogen-bond donors (Lipinski definition) is 3. The van der Waals surface area contributed by atoms with Crippen molar-refractivity contribution in [1.82, 2.24) is 16.0 Å². The Balaban J connectivity index is 0.00000324. The van der Waals surface area contributed by atoms with Crippen LogP contribution in [0.4, 0.5) is 0 Å². The topological polar surface area (TPSA) is 79.5 Å². The van der Waals surface area contributed by atoms with Crippen LogP contribution < -0.4 is 16.0 Å². The molecule has 0 radical (unpaired) electrons. The van der Waals surface area contributed by atoms with Gasteiger partial charge >= 0.3 is 0 Å². The average molecular weight is 294 g/mol. The van der Waals surface area contributed by atoms with E-state index in [-0.39, 0.29) is 29.8 Å². The van der Waals surface area contributed by atoms with Crippen LogP contribution in [0, 0.1) is 0 Å². The molecule has 0 saturated carbocycles. The van der Waals surface area contributed by atoms with Crippen molar-refractivity contribution in [3.8, 4) is 0 Å². The van der Waals surface area contributed by atoms with Crippen LogP contribution >= 0.6 is 12.4 Å². The van der Waals surface area contributed by atoms with Crippen molar-refractivity contribution < 1.29 is 14.3 Å². The highest BCUT2D eigenvalue weighted by atomic mass is 35.5. The van der Waals surface area contributed by atoms with E-state index in [1.165, 1.54) is 0 Å². The Bertz CT molecular complexity index is 312. The Kier molecular flexibility index (Phi) is 7.33. The molecule has 3 N–H and O–H groups in total. The van der Waals surface area contributed by atoms with Crippen molar-refractivity contribution in [3.05, 3.63) is 0 Å². The second-order valence-electron chi connectivity index (χ2n) is 5.53. The predicted molar refractivity (Wildman–Crippen MR) is 75.4 cm³/mol. The van der Waals surface area contributed by atoms with Gasteiger partial charge in [0.15, 0.2) is 0 Å². The molecule has 0 aromatic carbocycles. The van der Waals surface area contributed by atoms with E-state index < -0.39 is 12.1 Å².